The van der Waals surface area contributed by atoms with Gasteiger partial charge in [-0.1, -0.05) is 35.3 Å². The van der Waals surface area contributed by atoms with E-state index in [0.717, 1.165) is 5.56 Å². The fourth-order valence-electron chi connectivity index (χ4n) is 3.02. The number of hydrogen-bond donors (Lipinski definition) is 0. The maximum atomic E-state index is 12.1. The molecule has 0 amide bonds. The lowest BCUT2D eigenvalue weighted by Crippen LogP contribution is -2.29. The summed E-state index contributed by atoms with van der Waals surface area (Å²) in [5.41, 5.74) is 1.46. The normalized spacial score (nSPS) is 18.4. The summed E-state index contributed by atoms with van der Waals surface area (Å²) in [6, 6.07) is 14.4. The Morgan fingerprint density at radius 1 is 0.964 bits per heavy atom. The molecule has 0 radical (unpaired) electrons. The van der Waals surface area contributed by atoms with E-state index in [1.165, 1.54) is 0 Å². The highest BCUT2D eigenvalue weighted by Gasteiger charge is 2.26. The predicted molar refractivity (Wildman–Crippen MR) is 112 cm³/mol. The highest BCUT2D eigenvalue weighted by atomic mass is 35.5. The van der Waals surface area contributed by atoms with Gasteiger partial charge in [-0.3, -0.25) is 0 Å². The standard InChI is InChI=1S/C20H16Cl2N2O3S/c21-15-4-8-18(9-5-15)27-17-6-2-14(3-7-17)19-12-16(22)13-24-10-1-11-28(25,26)23-20(19)24/h2-9,12-13H,1,10-11H2. The van der Waals surface area contributed by atoms with E-state index in [4.69, 9.17) is 27.9 Å². The summed E-state index contributed by atoms with van der Waals surface area (Å²) in [4.78, 5) is 1.79. The highest BCUT2D eigenvalue weighted by Crippen LogP contribution is 2.31. The molecule has 0 fully saturated rings. The van der Waals surface area contributed by atoms with Gasteiger partial charge in [0.15, 0.2) is 5.84 Å². The average Bonchev–Trinajstić information content (AvgIpc) is 2.81. The van der Waals surface area contributed by atoms with Crippen LogP contribution in [0.25, 0.3) is 5.57 Å². The van der Waals surface area contributed by atoms with Crippen LogP contribution in [-0.4, -0.2) is 31.5 Å². The highest BCUT2D eigenvalue weighted by molar-refractivity contribution is 7.90. The van der Waals surface area contributed by atoms with Crippen molar-refractivity contribution in [3.8, 4) is 11.5 Å². The van der Waals surface area contributed by atoms with Crippen molar-refractivity contribution in [2.24, 2.45) is 4.40 Å². The number of benzene rings is 2. The van der Waals surface area contributed by atoms with Crippen LogP contribution in [-0.2, 0) is 10.0 Å². The topological polar surface area (TPSA) is 59.0 Å². The summed E-state index contributed by atoms with van der Waals surface area (Å²) in [5.74, 6) is 1.75. The number of nitrogens with zero attached hydrogens (tertiary/aromatic N) is 2. The summed E-state index contributed by atoms with van der Waals surface area (Å²) < 4.78 is 34.1. The molecule has 0 bridgehead atoms. The van der Waals surface area contributed by atoms with Gasteiger partial charge in [0.05, 0.1) is 10.8 Å². The molecule has 0 N–H and O–H groups in total. The van der Waals surface area contributed by atoms with Crippen LogP contribution in [0.5, 0.6) is 11.5 Å². The van der Waals surface area contributed by atoms with Crippen molar-refractivity contribution in [2.45, 2.75) is 6.42 Å². The van der Waals surface area contributed by atoms with Crippen molar-refractivity contribution < 1.29 is 13.2 Å². The van der Waals surface area contributed by atoms with E-state index >= 15 is 0 Å². The minimum Gasteiger partial charge on any atom is -0.457 e. The molecule has 8 heteroatoms. The van der Waals surface area contributed by atoms with Crippen molar-refractivity contribution >= 4 is 44.6 Å². The number of fused-ring (bicyclic) bond motifs is 1. The van der Waals surface area contributed by atoms with Crippen molar-refractivity contribution in [3.63, 3.8) is 0 Å². The Hall–Kier alpha value is -2.28. The second-order valence-corrected chi connectivity index (χ2v) is 9.03. The van der Waals surface area contributed by atoms with E-state index in [0.29, 0.717) is 45.9 Å². The van der Waals surface area contributed by atoms with Crippen LogP contribution >= 0.6 is 23.2 Å². The Kier molecular flexibility index (Phi) is 5.19. The van der Waals surface area contributed by atoms with Gasteiger partial charge in [0.2, 0.25) is 0 Å². The minimum absolute atomic E-state index is 0.0274. The SMILES string of the molecule is O=S1(=O)CCCN2C=C(Cl)C=C(c3ccc(Oc4ccc(Cl)cc4)cc3)C2=N1. The van der Waals surface area contributed by atoms with Crippen molar-refractivity contribution in [1.29, 1.82) is 0 Å². The van der Waals surface area contributed by atoms with E-state index in [2.05, 4.69) is 4.40 Å². The van der Waals surface area contributed by atoms with Crippen LogP contribution in [0.3, 0.4) is 0 Å². The van der Waals surface area contributed by atoms with Gasteiger partial charge in [0.25, 0.3) is 10.0 Å². The van der Waals surface area contributed by atoms with Crippen LogP contribution in [0.4, 0.5) is 0 Å². The largest absolute Gasteiger partial charge is 0.457 e. The number of halogens is 2. The first-order chi connectivity index (χ1) is 13.4. The molecule has 2 aromatic rings. The second-order valence-electron chi connectivity index (χ2n) is 6.40. The van der Waals surface area contributed by atoms with Gasteiger partial charge in [-0.15, -0.1) is 4.40 Å². The monoisotopic (exact) mass is 434 g/mol. The third-order valence-corrected chi connectivity index (χ3v) is 6.03. The zero-order valence-electron chi connectivity index (χ0n) is 14.7. The van der Waals surface area contributed by atoms with E-state index < -0.39 is 10.0 Å². The summed E-state index contributed by atoms with van der Waals surface area (Å²) in [6.07, 6.45) is 3.94. The molecule has 0 unspecified atom stereocenters. The summed E-state index contributed by atoms with van der Waals surface area (Å²) in [5, 5.41) is 1.16. The molecule has 2 aliphatic rings. The Balaban J connectivity index is 1.64. The molecule has 0 saturated heterocycles. The van der Waals surface area contributed by atoms with Crippen molar-refractivity contribution in [3.05, 3.63) is 76.4 Å². The summed E-state index contributed by atoms with van der Waals surface area (Å²) in [6.45, 7) is 0.545. The Bertz CT molecular complexity index is 1090. The molecule has 2 aromatic carbocycles. The molecule has 2 aliphatic heterocycles. The molecule has 0 atom stereocenters. The van der Waals surface area contributed by atoms with Gasteiger partial charge in [0, 0.05) is 23.3 Å². The van der Waals surface area contributed by atoms with Gasteiger partial charge in [-0.05, 0) is 54.5 Å². The van der Waals surface area contributed by atoms with Crippen LogP contribution in [0.15, 0.2) is 70.2 Å². The number of allylic oxidation sites excluding steroid dienone is 2. The quantitative estimate of drug-likeness (QED) is 0.678. The van der Waals surface area contributed by atoms with Crippen molar-refractivity contribution in [2.75, 3.05) is 12.3 Å². The number of ether oxygens (including phenoxy) is 1. The molecule has 0 aliphatic carbocycles. The lowest BCUT2D eigenvalue weighted by Gasteiger charge is -2.26. The van der Waals surface area contributed by atoms with Gasteiger partial charge in [0.1, 0.15) is 11.5 Å². The number of rotatable bonds is 3. The van der Waals surface area contributed by atoms with Gasteiger partial charge < -0.3 is 9.64 Å². The van der Waals surface area contributed by atoms with Crippen LogP contribution < -0.4 is 4.74 Å². The lowest BCUT2D eigenvalue weighted by molar-refractivity contribution is 0.482. The van der Waals surface area contributed by atoms with Crippen LogP contribution in [0.1, 0.15) is 12.0 Å². The number of sulfonamides is 1. The smallest absolute Gasteiger partial charge is 0.255 e. The summed E-state index contributed by atoms with van der Waals surface area (Å²) >= 11 is 12.1. The van der Waals surface area contributed by atoms with Gasteiger partial charge >= 0.3 is 0 Å². The molecule has 4 rings (SSSR count). The van der Waals surface area contributed by atoms with E-state index in [1.54, 1.807) is 41.4 Å². The van der Waals surface area contributed by atoms with Crippen LogP contribution in [0.2, 0.25) is 5.02 Å². The molecule has 0 aromatic heterocycles. The first-order valence-electron chi connectivity index (χ1n) is 8.62. The Morgan fingerprint density at radius 2 is 1.61 bits per heavy atom. The molecule has 2 heterocycles. The fraction of sp³-hybridized carbons (Fsp3) is 0.150. The molecular formula is C20H16Cl2N2O3S. The van der Waals surface area contributed by atoms with E-state index in [1.807, 2.05) is 24.3 Å². The maximum absolute atomic E-state index is 12.1. The fourth-order valence-corrected chi connectivity index (χ4v) is 4.43. The zero-order valence-corrected chi connectivity index (χ0v) is 17.0. The van der Waals surface area contributed by atoms with Gasteiger partial charge in [-0.25, -0.2) is 8.42 Å². The average molecular weight is 435 g/mol. The van der Waals surface area contributed by atoms with Crippen molar-refractivity contribution in [1.82, 2.24) is 4.90 Å². The lowest BCUT2D eigenvalue weighted by atomic mass is 10.0. The first kappa shape index (κ1) is 19.1. The Labute approximate surface area is 173 Å². The van der Waals surface area contributed by atoms with Gasteiger partial charge in [-0.2, -0.15) is 0 Å². The molecule has 0 saturated carbocycles. The second kappa shape index (κ2) is 7.62. The first-order valence-corrected chi connectivity index (χ1v) is 11.0. The maximum Gasteiger partial charge on any atom is 0.255 e. The number of hydrogen-bond acceptors (Lipinski definition) is 4. The predicted octanol–water partition coefficient (Wildman–Crippen LogP) is 5.04. The van der Waals surface area contributed by atoms with E-state index in [9.17, 15) is 8.42 Å². The molecule has 28 heavy (non-hydrogen) atoms. The number of amidine groups is 1. The van der Waals surface area contributed by atoms with Crippen LogP contribution in [0, 0.1) is 0 Å². The molecule has 5 nitrogen and oxygen atoms in total. The summed E-state index contributed by atoms with van der Waals surface area (Å²) in [7, 11) is -3.50. The molecule has 0 spiro atoms. The van der Waals surface area contributed by atoms with E-state index in [-0.39, 0.29) is 5.75 Å². The molecular weight excluding hydrogens is 419 g/mol. The minimum atomic E-state index is -3.50. The third-order valence-electron chi connectivity index (χ3n) is 4.32. The third kappa shape index (κ3) is 4.24. The zero-order chi connectivity index (χ0) is 19.7. The Morgan fingerprint density at radius 3 is 2.29 bits per heavy atom. The molecule has 144 valence electrons.